The van der Waals surface area contributed by atoms with Crippen LogP contribution in [0.5, 0.6) is 0 Å². The zero-order valence-electron chi connectivity index (χ0n) is 10.1. The molecule has 0 aliphatic rings. The smallest absolute Gasteiger partial charge is 0.340 e. The van der Waals surface area contributed by atoms with Crippen molar-refractivity contribution in [3.63, 3.8) is 0 Å². The lowest BCUT2D eigenvalue weighted by Gasteiger charge is -2.09. The third kappa shape index (κ3) is 3.85. The lowest BCUT2D eigenvalue weighted by Crippen LogP contribution is -2.11. The number of carbonyl (C=O) groups excluding carboxylic acids is 1. The Labute approximate surface area is 104 Å². The molecule has 0 aromatic heterocycles. The van der Waals surface area contributed by atoms with Gasteiger partial charge in [0.1, 0.15) is 0 Å². The second-order valence-corrected chi connectivity index (χ2v) is 5.17. The van der Waals surface area contributed by atoms with Gasteiger partial charge in [0.25, 0.3) is 0 Å². The minimum atomic E-state index is -0.986. The van der Waals surface area contributed by atoms with Crippen LogP contribution < -0.4 is 5.73 Å². The van der Waals surface area contributed by atoms with Gasteiger partial charge in [-0.15, -0.1) is 0 Å². The van der Waals surface area contributed by atoms with E-state index in [2.05, 4.69) is 0 Å². The summed E-state index contributed by atoms with van der Waals surface area (Å²) in [4.78, 5) is 11.7. The number of nitrogen functional groups attached to an aromatic ring is 1. The highest BCUT2D eigenvalue weighted by molar-refractivity contribution is 7.83. The molecule has 1 unspecified atom stereocenters. The number of carbonyl (C=O) groups is 1. The van der Waals surface area contributed by atoms with Gasteiger partial charge in [-0.2, -0.15) is 0 Å². The van der Waals surface area contributed by atoms with Crippen molar-refractivity contribution < 1.29 is 13.7 Å². The first-order valence-electron chi connectivity index (χ1n) is 5.40. The van der Waals surface area contributed by atoms with Crippen LogP contribution >= 0.6 is 0 Å². The van der Waals surface area contributed by atoms with Crippen LogP contribution in [0.3, 0.4) is 0 Å². The largest absolute Gasteiger partial charge is 0.462 e. The maximum atomic E-state index is 11.7. The molecule has 17 heavy (non-hydrogen) atoms. The van der Waals surface area contributed by atoms with Gasteiger partial charge in [-0.25, -0.2) is 4.79 Å². The third-order valence-corrected chi connectivity index (χ3v) is 2.93. The molecule has 0 aliphatic heterocycles. The highest BCUT2D eigenvalue weighted by Gasteiger charge is 2.13. The first kappa shape index (κ1) is 13.7. The molecule has 0 fully saturated rings. The molecule has 2 N–H and O–H groups in total. The molecule has 0 spiro atoms. The molecule has 0 amide bonds. The van der Waals surface area contributed by atoms with Gasteiger partial charge in [0.05, 0.1) is 23.6 Å². The van der Waals surface area contributed by atoms with Crippen molar-refractivity contribution >= 4 is 22.5 Å². The van der Waals surface area contributed by atoms with Gasteiger partial charge >= 0.3 is 5.97 Å². The van der Waals surface area contributed by atoms with Crippen molar-refractivity contribution in [1.29, 1.82) is 0 Å². The zero-order chi connectivity index (χ0) is 12.8. The SMILES string of the molecule is CCCOC(=O)c1cccc(CS(C)=O)c1N. The fraction of sp³-hybridized carbons (Fsp3) is 0.417. The summed E-state index contributed by atoms with van der Waals surface area (Å²) >= 11 is 0. The Hall–Kier alpha value is -1.36. The molecule has 0 bridgehead atoms. The number of hydrogen-bond donors (Lipinski definition) is 1. The molecular formula is C12H17NO3S. The van der Waals surface area contributed by atoms with Crippen LogP contribution in [0.1, 0.15) is 29.3 Å². The van der Waals surface area contributed by atoms with Crippen LogP contribution in [-0.4, -0.2) is 23.0 Å². The van der Waals surface area contributed by atoms with Crippen molar-refractivity contribution in [3.8, 4) is 0 Å². The fourth-order valence-electron chi connectivity index (χ4n) is 1.41. The first-order valence-corrected chi connectivity index (χ1v) is 7.13. The summed E-state index contributed by atoms with van der Waals surface area (Å²) in [5, 5.41) is 0. The minimum absolute atomic E-state index is 0.348. The first-order chi connectivity index (χ1) is 8.06. The van der Waals surface area contributed by atoms with E-state index in [0.29, 0.717) is 23.6 Å². The molecule has 0 saturated heterocycles. The molecule has 5 heteroatoms. The molecule has 1 aromatic rings. The summed E-state index contributed by atoms with van der Waals surface area (Å²) in [6, 6.07) is 5.11. The second kappa shape index (κ2) is 6.39. The molecule has 0 saturated carbocycles. The van der Waals surface area contributed by atoms with E-state index in [-0.39, 0.29) is 0 Å². The second-order valence-electron chi connectivity index (χ2n) is 3.73. The third-order valence-electron chi connectivity index (χ3n) is 2.21. The average Bonchev–Trinajstić information content (AvgIpc) is 2.28. The quantitative estimate of drug-likeness (QED) is 0.642. The van der Waals surface area contributed by atoms with Crippen LogP contribution in [0, 0.1) is 0 Å². The van der Waals surface area contributed by atoms with Crippen molar-refractivity contribution in [2.24, 2.45) is 0 Å². The van der Waals surface area contributed by atoms with Crippen molar-refractivity contribution in [2.75, 3.05) is 18.6 Å². The monoisotopic (exact) mass is 255 g/mol. The summed E-state index contributed by atoms with van der Waals surface area (Å²) in [6.45, 7) is 2.30. The van der Waals surface area contributed by atoms with Crippen LogP contribution in [0.15, 0.2) is 18.2 Å². The number of hydrogen-bond acceptors (Lipinski definition) is 4. The Morgan fingerprint density at radius 1 is 1.47 bits per heavy atom. The Morgan fingerprint density at radius 3 is 2.76 bits per heavy atom. The molecular weight excluding hydrogens is 238 g/mol. The van der Waals surface area contributed by atoms with Crippen molar-refractivity contribution in [2.45, 2.75) is 19.1 Å². The number of nitrogens with two attached hydrogens (primary N) is 1. The minimum Gasteiger partial charge on any atom is -0.462 e. The van der Waals surface area contributed by atoms with E-state index in [0.717, 1.165) is 12.0 Å². The normalized spacial score (nSPS) is 12.1. The van der Waals surface area contributed by atoms with Gasteiger partial charge in [-0.1, -0.05) is 19.1 Å². The number of rotatable bonds is 5. The van der Waals surface area contributed by atoms with Crippen LogP contribution in [0.4, 0.5) is 5.69 Å². The molecule has 0 radical (unpaired) electrons. The average molecular weight is 255 g/mol. The summed E-state index contributed by atoms with van der Waals surface area (Å²) in [5.74, 6) is -0.0751. The van der Waals surface area contributed by atoms with Gasteiger partial charge in [0.2, 0.25) is 0 Å². The van der Waals surface area contributed by atoms with Crippen molar-refractivity contribution in [3.05, 3.63) is 29.3 Å². The number of benzene rings is 1. The molecule has 0 heterocycles. The van der Waals surface area contributed by atoms with E-state index in [4.69, 9.17) is 10.5 Å². The van der Waals surface area contributed by atoms with Gasteiger partial charge < -0.3 is 10.5 Å². The number of esters is 1. The Balaban J connectivity index is 2.93. The standard InChI is InChI=1S/C12H17NO3S/c1-3-7-16-12(14)10-6-4-5-9(11(10)13)8-17(2)15/h4-6H,3,7-8,13H2,1-2H3. The van der Waals surface area contributed by atoms with E-state index in [1.54, 1.807) is 24.5 Å². The number of anilines is 1. The maximum absolute atomic E-state index is 11.7. The summed E-state index contributed by atoms with van der Waals surface area (Å²) in [5.41, 5.74) is 7.30. The van der Waals surface area contributed by atoms with Gasteiger partial charge in [0.15, 0.2) is 0 Å². The van der Waals surface area contributed by atoms with Crippen molar-refractivity contribution in [1.82, 2.24) is 0 Å². The highest BCUT2D eigenvalue weighted by Crippen LogP contribution is 2.19. The topological polar surface area (TPSA) is 69.4 Å². The fourth-order valence-corrected chi connectivity index (χ4v) is 2.10. The highest BCUT2D eigenvalue weighted by atomic mass is 32.2. The van der Waals surface area contributed by atoms with Gasteiger partial charge in [-0.3, -0.25) is 4.21 Å². The Kier molecular flexibility index (Phi) is 5.15. The Bertz CT molecular complexity index is 432. The molecule has 1 atom stereocenters. The van der Waals surface area contributed by atoms with Gasteiger partial charge in [0, 0.05) is 17.1 Å². The molecule has 1 aromatic carbocycles. The van der Waals surface area contributed by atoms with E-state index in [9.17, 15) is 9.00 Å². The lowest BCUT2D eigenvalue weighted by molar-refractivity contribution is 0.0506. The summed E-state index contributed by atoms with van der Waals surface area (Å²) in [7, 11) is -0.986. The molecule has 0 aliphatic carbocycles. The number of ether oxygens (including phenoxy) is 1. The Morgan fingerprint density at radius 2 is 2.18 bits per heavy atom. The summed E-state index contributed by atoms with van der Waals surface area (Å²) in [6.07, 6.45) is 2.37. The molecule has 94 valence electrons. The van der Waals surface area contributed by atoms with Crippen LogP contribution in [0.2, 0.25) is 0 Å². The lowest BCUT2D eigenvalue weighted by atomic mass is 10.1. The number of para-hydroxylation sites is 1. The zero-order valence-corrected chi connectivity index (χ0v) is 10.9. The molecule has 1 rings (SSSR count). The van der Waals surface area contributed by atoms with E-state index < -0.39 is 16.8 Å². The predicted molar refractivity (Wildman–Crippen MR) is 69.2 cm³/mol. The van der Waals surface area contributed by atoms with E-state index in [1.165, 1.54) is 0 Å². The van der Waals surface area contributed by atoms with Gasteiger partial charge in [-0.05, 0) is 18.1 Å². The van der Waals surface area contributed by atoms with E-state index in [1.807, 2.05) is 6.92 Å². The maximum Gasteiger partial charge on any atom is 0.340 e. The summed E-state index contributed by atoms with van der Waals surface area (Å²) < 4.78 is 16.2. The van der Waals surface area contributed by atoms with Crippen LogP contribution in [0.25, 0.3) is 0 Å². The predicted octanol–water partition coefficient (Wildman–Crippen LogP) is 1.71. The van der Waals surface area contributed by atoms with E-state index >= 15 is 0 Å². The molecule has 4 nitrogen and oxygen atoms in total. The van der Waals surface area contributed by atoms with Crippen LogP contribution in [-0.2, 0) is 21.3 Å².